The van der Waals surface area contributed by atoms with Crippen LogP contribution in [0.2, 0.25) is 0 Å². The SMILES string of the molecule is CCc1nnc(COc2ccc(NC)cc2)o1. The molecule has 5 nitrogen and oxygen atoms in total. The molecule has 1 N–H and O–H groups in total. The number of anilines is 1. The van der Waals surface area contributed by atoms with Gasteiger partial charge in [0.05, 0.1) is 0 Å². The van der Waals surface area contributed by atoms with Crippen LogP contribution < -0.4 is 10.1 Å². The number of nitrogens with one attached hydrogen (secondary N) is 1. The normalized spacial score (nSPS) is 10.2. The highest BCUT2D eigenvalue weighted by Gasteiger charge is 2.04. The Morgan fingerprint density at radius 1 is 1.18 bits per heavy atom. The topological polar surface area (TPSA) is 60.2 Å². The molecule has 0 aliphatic rings. The van der Waals surface area contributed by atoms with Gasteiger partial charge in [-0.05, 0) is 24.3 Å². The van der Waals surface area contributed by atoms with Crippen molar-refractivity contribution in [3.05, 3.63) is 36.0 Å². The maximum absolute atomic E-state index is 5.53. The molecule has 0 amide bonds. The first-order valence-corrected chi connectivity index (χ1v) is 5.53. The van der Waals surface area contributed by atoms with Gasteiger partial charge in [0.2, 0.25) is 5.89 Å². The minimum atomic E-state index is 0.298. The number of hydrogen-bond donors (Lipinski definition) is 1. The summed E-state index contributed by atoms with van der Waals surface area (Å²) in [7, 11) is 1.88. The van der Waals surface area contributed by atoms with E-state index in [1.54, 1.807) is 0 Å². The minimum Gasteiger partial charge on any atom is -0.484 e. The van der Waals surface area contributed by atoms with Crippen LogP contribution in [0.15, 0.2) is 28.7 Å². The van der Waals surface area contributed by atoms with Crippen molar-refractivity contribution in [1.82, 2.24) is 10.2 Å². The van der Waals surface area contributed by atoms with Crippen LogP contribution in [0, 0.1) is 0 Å². The molecule has 17 heavy (non-hydrogen) atoms. The molecule has 0 aliphatic carbocycles. The smallest absolute Gasteiger partial charge is 0.253 e. The van der Waals surface area contributed by atoms with Gasteiger partial charge < -0.3 is 14.5 Å². The summed E-state index contributed by atoms with van der Waals surface area (Å²) in [5.74, 6) is 1.91. The molecule has 1 heterocycles. The van der Waals surface area contributed by atoms with Crippen LogP contribution in [0.1, 0.15) is 18.7 Å². The summed E-state index contributed by atoms with van der Waals surface area (Å²) in [5.41, 5.74) is 1.04. The zero-order chi connectivity index (χ0) is 12.1. The van der Waals surface area contributed by atoms with Crippen molar-refractivity contribution < 1.29 is 9.15 Å². The van der Waals surface area contributed by atoms with Crippen molar-refractivity contribution in [2.75, 3.05) is 12.4 Å². The van der Waals surface area contributed by atoms with E-state index in [0.717, 1.165) is 17.9 Å². The number of aryl methyl sites for hydroxylation is 1. The van der Waals surface area contributed by atoms with Gasteiger partial charge in [0.1, 0.15) is 5.75 Å². The molecule has 0 saturated carbocycles. The number of hydrogen-bond acceptors (Lipinski definition) is 5. The molecule has 0 atom stereocenters. The van der Waals surface area contributed by atoms with Crippen molar-refractivity contribution >= 4 is 5.69 Å². The Bertz CT molecular complexity index is 465. The molecule has 5 heteroatoms. The number of rotatable bonds is 5. The van der Waals surface area contributed by atoms with Gasteiger partial charge in [-0.3, -0.25) is 0 Å². The first-order chi connectivity index (χ1) is 8.31. The predicted octanol–water partition coefficient (Wildman–Crippen LogP) is 2.25. The van der Waals surface area contributed by atoms with Crippen molar-refractivity contribution in [1.29, 1.82) is 0 Å². The fraction of sp³-hybridized carbons (Fsp3) is 0.333. The second-order valence-corrected chi connectivity index (χ2v) is 3.51. The fourth-order valence-corrected chi connectivity index (χ4v) is 1.35. The maximum atomic E-state index is 5.53. The van der Waals surface area contributed by atoms with E-state index < -0.39 is 0 Å². The molecule has 1 aromatic heterocycles. The van der Waals surface area contributed by atoms with Crippen LogP contribution in [-0.2, 0) is 13.0 Å². The summed E-state index contributed by atoms with van der Waals surface area (Å²) in [6, 6.07) is 7.67. The van der Waals surface area contributed by atoms with E-state index in [9.17, 15) is 0 Å². The third-order valence-electron chi connectivity index (χ3n) is 2.32. The zero-order valence-electron chi connectivity index (χ0n) is 9.93. The van der Waals surface area contributed by atoms with E-state index in [4.69, 9.17) is 9.15 Å². The summed E-state index contributed by atoms with van der Waals surface area (Å²) in [5, 5.41) is 10.8. The molecule has 0 radical (unpaired) electrons. The molecule has 0 aliphatic heterocycles. The van der Waals surface area contributed by atoms with Crippen LogP contribution in [-0.4, -0.2) is 17.2 Å². The molecule has 0 bridgehead atoms. The number of aromatic nitrogens is 2. The molecule has 0 unspecified atom stereocenters. The Balaban J connectivity index is 1.92. The third-order valence-corrected chi connectivity index (χ3v) is 2.32. The highest BCUT2D eigenvalue weighted by molar-refractivity contribution is 5.45. The van der Waals surface area contributed by atoms with Crippen LogP contribution in [0.5, 0.6) is 5.75 Å². The summed E-state index contributed by atoms with van der Waals surface area (Å²) in [6.45, 7) is 2.26. The molecule has 0 fully saturated rings. The van der Waals surface area contributed by atoms with Gasteiger partial charge in [0.25, 0.3) is 5.89 Å². The Morgan fingerprint density at radius 2 is 1.88 bits per heavy atom. The van der Waals surface area contributed by atoms with Crippen LogP contribution >= 0.6 is 0 Å². The van der Waals surface area contributed by atoms with E-state index in [1.165, 1.54) is 0 Å². The molecule has 2 aromatic rings. The Kier molecular flexibility index (Phi) is 3.59. The van der Waals surface area contributed by atoms with Gasteiger partial charge in [-0.15, -0.1) is 10.2 Å². The highest BCUT2D eigenvalue weighted by atomic mass is 16.5. The molecular weight excluding hydrogens is 218 g/mol. The second kappa shape index (κ2) is 5.34. The lowest BCUT2D eigenvalue weighted by atomic mass is 10.3. The average Bonchev–Trinajstić information content (AvgIpc) is 2.85. The van der Waals surface area contributed by atoms with Gasteiger partial charge in [-0.2, -0.15) is 0 Å². The van der Waals surface area contributed by atoms with Crippen molar-refractivity contribution in [3.8, 4) is 5.75 Å². The number of nitrogens with zero attached hydrogens (tertiary/aromatic N) is 2. The third kappa shape index (κ3) is 2.96. The molecule has 1 aromatic carbocycles. The Hall–Kier alpha value is -2.04. The van der Waals surface area contributed by atoms with E-state index in [2.05, 4.69) is 15.5 Å². The molecule has 0 spiro atoms. The minimum absolute atomic E-state index is 0.298. The van der Waals surface area contributed by atoms with Crippen molar-refractivity contribution in [2.24, 2.45) is 0 Å². The molecular formula is C12H15N3O2. The Morgan fingerprint density at radius 3 is 2.47 bits per heavy atom. The first kappa shape index (κ1) is 11.4. The summed E-state index contributed by atoms with van der Waals surface area (Å²) >= 11 is 0. The number of benzene rings is 1. The van der Waals surface area contributed by atoms with Crippen LogP contribution in [0.4, 0.5) is 5.69 Å². The summed E-state index contributed by atoms with van der Waals surface area (Å²) < 4.78 is 10.9. The quantitative estimate of drug-likeness (QED) is 0.858. The number of ether oxygens (including phenoxy) is 1. The molecule has 90 valence electrons. The van der Waals surface area contributed by atoms with Gasteiger partial charge in [-0.25, -0.2) is 0 Å². The lowest BCUT2D eigenvalue weighted by molar-refractivity contribution is 0.259. The fourth-order valence-electron chi connectivity index (χ4n) is 1.35. The lowest BCUT2D eigenvalue weighted by Crippen LogP contribution is -1.96. The summed E-state index contributed by atoms with van der Waals surface area (Å²) in [6.07, 6.45) is 0.740. The van der Waals surface area contributed by atoms with E-state index in [1.807, 2.05) is 38.2 Å². The van der Waals surface area contributed by atoms with Crippen LogP contribution in [0.3, 0.4) is 0 Å². The maximum Gasteiger partial charge on any atom is 0.253 e. The Labute approximate surface area is 99.8 Å². The first-order valence-electron chi connectivity index (χ1n) is 5.53. The van der Waals surface area contributed by atoms with Gasteiger partial charge in [0.15, 0.2) is 6.61 Å². The lowest BCUT2D eigenvalue weighted by Gasteiger charge is -2.04. The van der Waals surface area contributed by atoms with Crippen molar-refractivity contribution in [2.45, 2.75) is 20.0 Å². The standard InChI is InChI=1S/C12H15N3O2/c1-3-11-14-15-12(17-11)8-16-10-6-4-9(13-2)5-7-10/h4-7,13H,3,8H2,1-2H3. The highest BCUT2D eigenvalue weighted by Crippen LogP contribution is 2.16. The molecule has 2 rings (SSSR count). The van der Waals surface area contributed by atoms with Gasteiger partial charge in [-0.1, -0.05) is 6.92 Å². The zero-order valence-corrected chi connectivity index (χ0v) is 9.93. The second-order valence-electron chi connectivity index (χ2n) is 3.51. The largest absolute Gasteiger partial charge is 0.484 e. The van der Waals surface area contributed by atoms with Gasteiger partial charge >= 0.3 is 0 Å². The summed E-state index contributed by atoms with van der Waals surface area (Å²) in [4.78, 5) is 0. The van der Waals surface area contributed by atoms with Gasteiger partial charge in [0, 0.05) is 19.2 Å². The average molecular weight is 233 g/mol. The van der Waals surface area contributed by atoms with Crippen LogP contribution in [0.25, 0.3) is 0 Å². The monoisotopic (exact) mass is 233 g/mol. The van der Waals surface area contributed by atoms with E-state index in [0.29, 0.717) is 18.4 Å². The van der Waals surface area contributed by atoms with E-state index in [-0.39, 0.29) is 0 Å². The predicted molar refractivity (Wildman–Crippen MR) is 64.0 cm³/mol. The van der Waals surface area contributed by atoms with E-state index >= 15 is 0 Å². The molecule has 0 saturated heterocycles. The van der Waals surface area contributed by atoms with Crippen molar-refractivity contribution in [3.63, 3.8) is 0 Å².